The second-order valence-electron chi connectivity index (χ2n) is 7.18. The number of fused-ring (bicyclic) bond motifs is 3. The maximum Gasteiger partial charge on any atom is 0.243 e. The van der Waals surface area contributed by atoms with Crippen LogP contribution in [0.15, 0.2) is 53.4 Å². The molecular weight excluding hydrogens is 318 g/mol. The highest BCUT2D eigenvalue weighted by molar-refractivity contribution is 7.89. The number of aryl methyl sites for hydroxylation is 2. The number of rotatable bonds is 2. The van der Waals surface area contributed by atoms with Gasteiger partial charge in [-0.05, 0) is 62.3 Å². The normalized spacial score (nSPS) is 26.8. The van der Waals surface area contributed by atoms with Crippen molar-refractivity contribution in [2.75, 3.05) is 0 Å². The topological polar surface area (TPSA) is 37.4 Å². The molecule has 1 aliphatic carbocycles. The van der Waals surface area contributed by atoms with Crippen molar-refractivity contribution in [3.05, 3.63) is 65.2 Å². The zero-order valence-corrected chi connectivity index (χ0v) is 15.0. The predicted octanol–water partition coefficient (Wildman–Crippen LogP) is 4.08. The van der Waals surface area contributed by atoms with E-state index in [1.807, 2.05) is 32.0 Å². The molecule has 0 unspecified atom stereocenters. The first-order valence-corrected chi connectivity index (χ1v) is 10.1. The van der Waals surface area contributed by atoms with Gasteiger partial charge < -0.3 is 0 Å². The van der Waals surface area contributed by atoms with Gasteiger partial charge in [-0.15, -0.1) is 0 Å². The van der Waals surface area contributed by atoms with E-state index in [-0.39, 0.29) is 12.1 Å². The van der Waals surface area contributed by atoms with Crippen molar-refractivity contribution >= 4 is 10.0 Å². The Morgan fingerprint density at radius 3 is 2.50 bits per heavy atom. The van der Waals surface area contributed by atoms with E-state index in [0.717, 1.165) is 24.8 Å². The Bertz CT molecular complexity index is 857. The van der Waals surface area contributed by atoms with Gasteiger partial charge in [0.2, 0.25) is 10.0 Å². The largest absolute Gasteiger partial charge is 0.243 e. The Morgan fingerprint density at radius 1 is 1.04 bits per heavy atom. The van der Waals surface area contributed by atoms with Crippen LogP contribution in [-0.2, 0) is 16.4 Å². The second-order valence-corrected chi connectivity index (χ2v) is 9.02. The highest BCUT2D eigenvalue weighted by Gasteiger charge is 2.48. The molecule has 2 aromatic rings. The van der Waals surface area contributed by atoms with Crippen LogP contribution in [0.2, 0.25) is 0 Å². The van der Waals surface area contributed by atoms with Gasteiger partial charge >= 0.3 is 0 Å². The van der Waals surface area contributed by atoms with E-state index in [9.17, 15) is 8.42 Å². The van der Waals surface area contributed by atoms with Gasteiger partial charge in [-0.1, -0.05) is 42.0 Å². The number of hydrogen-bond acceptors (Lipinski definition) is 2. The summed E-state index contributed by atoms with van der Waals surface area (Å²) in [4.78, 5) is 0.406. The lowest BCUT2D eigenvalue weighted by Gasteiger charge is -2.34. The number of nitrogens with zero attached hydrogens (tertiary/aromatic N) is 1. The molecule has 0 saturated carbocycles. The van der Waals surface area contributed by atoms with Crippen LogP contribution >= 0.6 is 0 Å². The van der Waals surface area contributed by atoms with Crippen molar-refractivity contribution in [3.8, 4) is 0 Å². The van der Waals surface area contributed by atoms with E-state index in [4.69, 9.17) is 0 Å². The SMILES string of the molecule is Cc1ccc(S(=O)(=O)N2[C@@H]3c4ccccc4CC[C@@H]3C[C@@H]2C)cc1. The van der Waals surface area contributed by atoms with Crippen molar-refractivity contribution < 1.29 is 8.42 Å². The van der Waals surface area contributed by atoms with E-state index in [0.29, 0.717) is 10.8 Å². The summed E-state index contributed by atoms with van der Waals surface area (Å²) in [6.45, 7) is 4.02. The smallest absolute Gasteiger partial charge is 0.207 e. The van der Waals surface area contributed by atoms with Crippen LogP contribution in [0.5, 0.6) is 0 Å². The summed E-state index contributed by atoms with van der Waals surface area (Å²) < 4.78 is 28.5. The van der Waals surface area contributed by atoms with Crippen molar-refractivity contribution in [1.29, 1.82) is 0 Å². The molecule has 24 heavy (non-hydrogen) atoms. The maximum absolute atomic E-state index is 13.3. The van der Waals surface area contributed by atoms with Crippen LogP contribution in [0.4, 0.5) is 0 Å². The van der Waals surface area contributed by atoms with Gasteiger partial charge in [-0.25, -0.2) is 8.42 Å². The van der Waals surface area contributed by atoms with Gasteiger partial charge in [-0.2, -0.15) is 4.31 Å². The van der Waals surface area contributed by atoms with Crippen molar-refractivity contribution in [2.24, 2.45) is 5.92 Å². The molecule has 1 fully saturated rings. The third-order valence-corrected chi connectivity index (χ3v) is 7.56. The van der Waals surface area contributed by atoms with E-state index in [1.54, 1.807) is 16.4 Å². The van der Waals surface area contributed by atoms with Gasteiger partial charge in [0.05, 0.1) is 10.9 Å². The van der Waals surface area contributed by atoms with Crippen LogP contribution in [-0.4, -0.2) is 18.8 Å². The first-order valence-electron chi connectivity index (χ1n) is 8.66. The molecule has 2 aromatic carbocycles. The monoisotopic (exact) mass is 341 g/mol. The lowest BCUT2D eigenvalue weighted by molar-refractivity contribution is 0.294. The summed E-state index contributed by atoms with van der Waals surface area (Å²) in [5.74, 6) is 0.426. The third-order valence-electron chi connectivity index (χ3n) is 5.55. The fourth-order valence-electron chi connectivity index (χ4n) is 4.43. The fourth-order valence-corrected chi connectivity index (χ4v) is 6.30. The molecule has 3 atom stereocenters. The van der Waals surface area contributed by atoms with E-state index in [2.05, 4.69) is 18.2 Å². The van der Waals surface area contributed by atoms with E-state index >= 15 is 0 Å². The van der Waals surface area contributed by atoms with Crippen LogP contribution in [0.25, 0.3) is 0 Å². The minimum Gasteiger partial charge on any atom is -0.207 e. The molecule has 1 aliphatic heterocycles. The molecule has 3 nitrogen and oxygen atoms in total. The molecule has 1 saturated heterocycles. The summed E-state index contributed by atoms with van der Waals surface area (Å²) >= 11 is 0. The van der Waals surface area contributed by atoms with Gasteiger partial charge in [0, 0.05) is 6.04 Å². The lowest BCUT2D eigenvalue weighted by Crippen LogP contribution is -2.37. The molecule has 0 aromatic heterocycles. The summed E-state index contributed by atoms with van der Waals surface area (Å²) in [6, 6.07) is 15.6. The van der Waals surface area contributed by atoms with Crippen LogP contribution in [0.1, 0.15) is 42.5 Å². The zero-order chi connectivity index (χ0) is 16.9. The van der Waals surface area contributed by atoms with Crippen LogP contribution in [0.3, 0.4) is 0 Å². The highest BCUT2D eigenvalue weighted by atomic mass is 32.2. The van der Waals surface area contributed by atoms with Crippen molar-refractivity contribution in [1.82, 2.24) is 4.31 Å². The Hall–Kier alpha value is -1.65. The molecule has 4 heteroatoms. The average molecular weight is 341 g/mol. The molecule has 0 radical (unpaired) electrons. The molecule has 4 rings (SSSR count). The Labute approximate surface area is 144 Å². The standard InChI is InChI=1S/C20H23NO2S/c1-14-7-11-18(12-8-14)24(22,23)21-15(2)13-17-10-9-16-5-3-4-6-19(16)20(17)21/h3-8,11-12,15,17,20H,9-10,13H2,1-2H3/t15-,17+,20-/m0/s1. The fraction of sp³-hybridized carbons (Fsp3) is 0.400. The molecular formula is C20H23NO2S. The predicted molar refractivity (Wildman–Crippen MR) is 95.3 cm³/mol. The van der Waals surface area contributed by atoms with Crippen molar-refractivity contribution in [2.45, 2.75) is 50.1 Å². The molecule has 0 N–H and O–H groups in total. The maximum atomic E-state index is 13.3. The second kappa shape index (κ2) is 5.71. The van der Waals surface area contributed by atoms with E-state index in [1.165, 1.54) is 11.1 Å². The molecule has 0 amide bonds. The van der Waals surface area contributed by atoms with Crippen molar-refractivity contribution in [3.63, 3.8) is 0 Å². The zero-order valence-electron chi connectivity index (χ0n) is 14.1. The summed E-state index contributed by atoms with van der Waals surface area (Å²) in [7, 11) is -3.48. The highest BCUT2D eigenvalue weighted by Crippen LogP contribution is 2.49. The summed E-state index contributed by atoms with van der Waals surface area (Å²) in [5.41, 5.74) is 3.58. The molecule has 0 bridgehead atoms. The first kappa shape index (κ1) is 15.9. The lowest BCUT2D eigenvalue weighted by atomic mass is 9.80. The van der Waals surface area contributed by atoms with Gasteiger partial charge in [0.15, 0.2) is 0 Å². The molecule has 1 heterocycles. The number of sulfonamides is 1. The average Bonchev–Trinajstić information content (AvgIpc) is 2.92. The Balaban J connectivity index is 1.81. The van der Waals surface area contributed by atoms with Gasteiger partial charge in [0.25, 0.3) is 0 Å². The minimum atomic E-state index is -3.48. The number of benzene rings is 2. The molecule has 126 valence electrons. The third kappa shape index (κ3) is 2.40. The number of hydrogen-bond donors (Lipinski definition) is 0. The Morgan fingerprint density at radius 2 is 1.75 bits per heavy atom. The van der Waals surface area contributed by atoms with Gasteiger partial charge in [-0.3, -0.25) is 0 Å². The summed E-state index contributed by atoms with van der Waals surface area (Å²) in [6.07, 6.45) is 3.08. The minimum absolute atomic E-state index is 0.0174. The van der Waals surface area contributed by atoms with Gasteiger partial charge in [0.1, 0.15) is 0 Å². The van der Waals surface area contributed by atoms with Crippen LogP contribution in [0, 0.1) is 12.8 Å². The first-order chi connectivity index (χ1) is 11.5. The molecule has 0 spiro atoms. The van der Waals surface area contributed by atoms with Crippen LogP contribution < -0.4 is 0 Å². The molecule has 2 aliphatic rings. The van der Waals surface area contributed by atoms with E-state index < -0.39 is 10.0 Å². The quantitative estimate of drug-likeness (QED) is 0.825. The Kier molecular flexibility index (Phi) is 3.77. The summed E-state index contributed by atoms with van der Waals surface area (Å²) in [5, 5.41) is 0.